The van der Waals surface area contributed by atoms with E-state index in [9.17, 15) is 8.42 Å². The fourth-order valence-corrected chi connectivity index (χ4v) is 4.95. The molecule has 0 amide bonds. The summed E-state index contributed by atoms with van der Waals surface area (Å²) in [5, 5.41) is 0. The lowest BCUT2D eigenvalue weighted by atomic mass is 10.5. The van der Waals surface area contributed by atoms with E-state index in [1.807, 2.05) is 0 Å². The third-order valence-corrected chi connectivity index (χ3v) is 4.53. The lowest BCUT2D eigenvalue weighted by molar-refractivity contribution is 0.608. The minimum atomic E-state index is -3.71. The minimum absolute atomic E-state index is 0.0206. The van der Waals surface area contributed by atoms with Crippen molar-refractivity contribution in [1.82, 2.24) is 4.98 Å². The molecule has 0 bridgehead atoms. The summed E-state index contributed by atoms with van der Waals surface area (Å²) in [4.78, 5) is 3.82. The average Bonchev–Trinajstić information content (AvgIpc) is 1.82. The Kier molecular flexibility index (Phi) is 3.35. The molecule has 3 nitrogen and oxygen atoms in total. The van der Waals surface area contributed by atoms with Crippen molar-refractivity contribution in [3.8, 4) is 0 Å². The van der Waals surface area contributed by atoms with Gasteiger partial charge < -0.3 is 0 Å². The van der Waals surface area contributed by atoms with Gasteiger partial charge >= 0.3 is 0 Å². The third-order valence-electron chi connectivity index (χ3n) is 1.06. The molecule has 66 valence electrons. The largest absolute Gasteiger partial charge is 0.265 e. The molecule has 1 aromatic heterocycles. The molecule has 0 fully saturated rings. The number of pyridine rings is 1. The van der Waals surface area contributed by atoms with E-state index < -0.39 is 9.05 Å². The standard InChI is InChI=1S/C5H2BrClINO2S/c6-3-1-2-9-5(8)4(3)12(7,10)11/h1-2H. The molecule has 0 spiro atoms. The summed E-state index contributed by atoms with van der Waals surface area (Å²) in [6.07, 6.45) is 1.50. The van der Waals surface area contributed by atoms with Crippen molar-refractivity contribution in [2.75, 3.05) is 0 Å². The summed E-state index contributed by atoms with van der Waals surface area (Å²) in [6.45, 7) is 0. The number of aromatic nitrogens is 1. The molecule has 0 aromatic carbocycles. The van der Waals surface area contributed by atoms with Gasteiger partial charge in [0.15, 0.2) is 0 Å². The first-order chi connectivity index (χ1) is 5.43. The molecular weight excluding hydrogens is 380 g/mol. The molecule has 0 saturated carbocycles. The molecule has 12 heavy (non-hydrogen) atoms. The second-order valence-corrected chi connectivity index (χ2v) is 6.23. The molecule has 0 aliphatic heterocycles. The second-order valence-electron chi connectivity index (χ2n) is 1.85. The lowest BCUT2D eigenvalue weighted by Crippen LogP contribution is -1.97. The molecule has 1 heterocycles. The number of nitrogens with zero attached hydrogens (tertiary/aromatic N) is 1. The van der Waals surface area contributed by atoms with E-state index in [1.54, 1.807) is 22.6 Å². The van der Waals surface area contributed by atoms with Gasteiger partial charge in [-0.05, 0) is 44.6 Å². The summed E-state index contributed by atoms with van der Waals surface area (Å²) in [5.41, 5.74) is 0. The van der Waals surface area contributed by atoms with Gasteiger partial charge in [-0.3, -0.25) is 0 Å². The normalized spacial score (nSPS) is 11.6. The molecule has 0 atom stereocenters. The minimum Gasteiger partial charge on any atom is -0.249 e. The Hall–Kier alpha value is 0.600. The van der Waals surface area contributed by atoms with Gasteiger partial charge in [-0.15, -0.1) is 0 Å². The van der Waals surface area contributed by atoms with Crippen LogP contribution in [0.5, 0.6) is 0 Å². The van der Waals surface area contributed by atoms with Crippen LogP contribution in [0, 0.1) is 3.70 Å². The first-order valence-corrected chi connectivity index (χ1v) is 6.85. The highest BCUT2D eigenvalue weighted by atomic mass is 127. The van der Waals surface area contributed by atoms with Crippen molar-refractivity contribution >= 4 is 58.3 Å². The topological polar surface area (TPSA) is 47.0 Å². The Balaban J connectivity index is 3.53. The fraction of sp³-hybridized carbons (Fsp3) is 0. The first kappa shape index (κ1) is 10.7. The van der Waals surface area contributed by atoms with Crippen LogP contribution < -0.4 is 0 Å². The molecule has 0 aliphatic rings. The van der Waals surface area contributed by atoms with Crippen LogP contribution in [0.2, 0.25) is 0 Å². The zero-order chi connectivity index (χ0) is 9.35. The quantitative estimate of drug-likeness (QED) is 0.426. The monoisotopic (exact) mass is 381 g/mol. The van der Waals surface area contributed by atoms with E-state index in [0.29, 0.717) is 8.17 Å². The third kappa shape index (κ3) is 2.30. The Bertz CT molecular complexity index is 388. The second kappa shape index (κ2) is 3.77. The number of rotatable bonds is 1. The van der Waals surface area contributed by atoms with Crippen LogP contribution in [-0.2, 0) is 9.05 Å². The van der Waals surface area contributed by atoms with Crippen molar-refractivity contribution < 1.29 is 8.42 Å². The van der Waals surface area contributed by atoms with E-state index in [1.165, 1.54) is 12.3 Å². The van der Waals surface area contributed by atoms with Crippen LogP contribution in [0.3, 0.4) is 0 Å². The zero-order valence-electron chi connectivity index (χ0n) is 5.46. The van der Waals surface area contributed by atoms with Gasteiger partial charge in [0.25, 0.3) is 9.05 Å². The molecule has 1 aromatic rings. The van der Waals surface area contributed by atoms with E-state index in [4.69, 9.17) is 10.7 Å². The van der Waals surface area contributed by atoms with Gasteiger partial charge in [-0.25, -0.2) is 13.4 Å². The van der Waals surface area contributed by atoms with E-state index in [-0.39, 0.29) is 4.90 Å². The van der Waals surface area contributed by atoms with Gasteiger partial charge in [0.2, 0.25) is 0 Å². The fourth-order valence-electron chi connectivity index (χ4n) is 0.618. The Labute approximate surface area is 96.2 Å². The van der Waals surface area contributed by atoms with Gasteiger partial charge in [0.05, 0.1) is 0 Å². The van der Waals surface area contributed by atoms with Crippen molar-refractivity contribution in [2.24, 2.45) is 0 Å². The van der Waals surface area contributed by atoms with Crippen molar-refractivity contribution in [3.63, 3.8) is 0 Å². The number of hydrogen-bond donors (Lipinski definition) is 0. The predicted molar refractivity (Wildman–Crippen MR) is 57.7 cm³/mol. The lowest BCUT2D eigenvalue weighted by Gasteiger charge is -2.00. The van der Waals surface area contributed by atoms with Crippen LogP contribution in [0.15, 0.2) is 21.6 Å². The predicted octanol–water partition coefficient (Wildman–Crippen LogP) is 2.38. The first-order valence-electron chi connectivity index (χ1n) is 2.67. The number of halogens is 3. The van der Waals surface area contributed by atoms with Crippen molar-refractivity contribution in [3.05, 3.63) is 20.4 Å². The molecule has 0 N–H and O–H groups in total. The Morgan fingerprint density at radius 2 is 2.17 bits per heavy atom. The van der Waals surface area contributed by atoms with E-state index in [0.717, 1.165) is 0 Å². The number of hydrogen-bond acceptors (Lipinski definition) is 3. The molecule has 0 radical (unpaired) electrons. The highest BCUT2D eigenvalue weighted by molar-refractivity contribution is 14.1. The van der Waals surface area contributed by atoms with Gasteiger partial charge in [0, 0.05) is 21.4 Å². The van der Waals surface area contributed by atoms with Crippen molar-refractivity contribution in [2.45, 2.75) is 4.90 Å². The van der Waals surface area contributed by atoms with Crippen LogP contribution in [-0.4, -0.2) is 13.4 Å². The Morgan fingerprint density at radius 1 is 1.58 bits per heavy atom. The molecule has 0 aliphatic carbocycles. The molecule has 0 unspecified atom stereocenters. The highest BCUT2D eigenvalue weighted by Gasteiger charge is 2.18. The SMILES string of the molecule is O=S(=O)(Cl)c1c(Br)ccnc1I. The Morgan fingerprint density at radius 3 is 2.50 bits per heavy atom. The molecule has 1 rings (SSSR count). The maximum absolute atomic E-state index is 11.0. The summed E-state index contributed by atoms with van der Waals surface area (Å²) in [6, 6.07) is 1.53. The average molecular weight is 382 g/mol. The zero-order valence-corrected chi connectivity index (χ0v) is 10.8. The van der Waals surface area contributed by atoms with Crippen LogP contribution >= 0.6 is 49.2 Å². The van der Waals surface area contributed by atoms with Gasteiger partial charge in [0.1, 0.15) is 8.60 Å². The maximum Gasteiger partial charge on any atom is 0.265 e. The smallest absolute Gasteiger partial charge is 0.249 e. The summed E-state index contributed by atoms with van der Waals surface area (Å²) in [5.74, 6) is 0. The molecule has 0 saturated heterocycles. The molecule has 7 heteroatoms. The summed E-state index contributed by atoms with van der Waals surface area (Å²) in [7, 11) is 1.46. The van der Waals surface area contributed by atoms with Crippen LogP contribution in [0.1, 0.15) is 0 Å². The van der Waals surface area contributed by atoms with Crippen molar-refractivity contribution in [1.29, 1.82) is 0 Å². The van der Waals surface area contributed by atoms with Gasteiger partial charge in [-0.1, -0.05) is 0 Å². The maximum atomic E-state index is 11.0. The van der Waals surface area contributed by atoms with E-state index in [2.05, 4.69) is 20.9 Å². The summed E-state index contributed by atoms with van der Waals surface area (Å²) >= 11 is 4.88. The highest BCUT2D eigenvalue weighted by Crippen LogP contribution is 2.27. The molecular formula is C5H2BrClINO2S. The van der Waals surface area contributed by atoms with Gasteiger partial charge in [-0.2, -0.15) is 0 Å². The van der Waals surface area contributed by atoms with E-state index >= 15 is 0 Å². The van der Waals surface area contributed by atoms with Crippen LogP contribution in [0.4, 0.5) is 0 Å². The van der Waals surface area contributed by atoms with Crippen LogP contribution in [0.25, 0.3) is 0 Å². The summed E-state index contributed by atoms with van der Waals surface area (Å²) < 4.78 is 22.7.